The van der Waals surface area contributed by atoms with Gasteiger partial charge in [-0.15, -0.1) is 0 Å². The maximum absolute atomic E-state index is 10.4. The summed E-state index contributed by atoms with van der Waals surface area (Å²) in [5.41, 5.74) is 0. The summed E-state index contributed by atoms with van der Waals surface area (Å²) in [5.74, 6) is -0.426. The van der Waals surface area contributed by atoms with Crippen molar-refractivity contribution in [2.24, 2.45) is 0 Å². The van der Waals surface area contributed by atoms with Crippen LogP contribution in [0.5, 0.6) is 0 Å². The van der Waals surface area contributed by atoms with Gasteiger partial charge in [-0.2, -0.15) is 0 Å². The number of hydrogen-bond donors (Lipinski definition) is 1. The van der Waals surface area contributed by atoms with E-state index in [2.05, 4.69) is 4.74 Å². The second-order valence-corrected chi connectivity index (χ2v) is 1.67. The van der Waals surface area contributed by atoms with Crippen LogP contribution in [-0.2, 0) is 9.53 Å². The Morgan fingerprint density at radius 2 is 2.50 bits per heavy atom. The molecule has 0 aromatic heterocycles. The number of carbonyl (C=O) groups is 1. The van der Waals surface area contributed by atoms with Crippen LogP contribution < -0.4 is 0 Å². The van der Waals surface area contributed by atoms with E-state index in [9.17, 15) is 4.79 Å². The van der Waals surface area contributed by atoms with E-state index in [1.165, 1.54) is 0 Å². The summed E-state index contributed by atoms with van der Waals surface area (Å²) in [5, 5.41) is 8.61. The number of hydrogen-bond acceptors (Lipinski definition) is 3. The molecule has 1 aliphatic heterocycles. The van der Waals surface area contributed by atoms with E-state index < -0.39 is 17.9 Å². The zero-order chi connectivity index (χ0) is 6.15. The number of Topliss-reactive ketones (excluding diaryl/α,β-unsaturated/α-hetero) is 1. The fraction of sp³-hybridized carbons (Fsp3) is 0.750. The molecule has 1 fully saturated rings. The Morgan fingerprint density at radius 1 is 1.88 bits per heavy atom. The van der Waals surface area contributed by atoms with Gasteiger partial charge in [-0.25, -0.2) is 0 Å². The van der Waals surface area contributed by atoms with E-state index in [1.54, 1.807) is 0 Å². The quantitative estimate of drug-likeness (QED) is 0.385. The lowest BCUT2D eigenvalue weighted by Crippen LogP contribution is -2.23. The van der Waals surface area contributed by atoms with Crippen molar-refractivity contribution in [2.75, 3.05) is 6.61 Å². The lowest BCUT2D eigenvalue weighted by atomic mass is 9.95. The average molecular weight is 112 g/mol. The highest BCUT2D eigenvalue weighted by atomic mass is 16.5. The van der Waals surface area contributed by atoms with Gasteiger partial charge in [0.2, 0.25) is 0 Å². The van der Waals surface area contributed by atoms with Gasteiger partial charge in [0.25, 0.3) is 0 Å². The van der Waals surface area contributed by atoms with Crippen LogP contribution in [0.1, 0.15) is 0 Å². The molecule has 1 N–H and O–H groups in total. The van der Waals surface area contributed by atoms with Crippen LogP contribution in [0.4, 0.5) is 0 Å². The van der Waals surface area contributed by atoms with Gasteiger partial charge in [-0.3, -0.25) is 4.79 Å². The Bertz CT molecular complexity index is 102. The molecular weight excluding hydrogens is 107 g/mol. The van der Waals surface area contributed by atoms with Gasteiger partial charge in [0, 0.05) is 0 Å². The number of rotatable bonds is 0. The Morgan fingerprint density at radius 3 is 2.62 bits per heavy atom. The normalized spacial score (nSPS) is 38.4. The molecule has 3 nitrogen and oxygen atoms in total. The smallest absolute Gasteiger partial charge is 0.182 e. The third kappa shape index (κ3) is 0.765. The number of ketones is 1. The molecule has 0 unspecified atom stereocenters. The molecule has 1 aliphatic rings. The van der Waals surface area contributed by atoms with Crippen LogP contribution in [0.15, 0.2) is 0 Å². The highest BCUT2D eigenvalue weighted by Gasteiger charge is 2.29. The minimum Gasteiger partial charge on any atom is -0.383 e. The van der Waals surface area contributed by atoms with Crippen molar-refractivity contribution < 1.29 is 14.6 Å². The molecule has 4 heteroatoms. The zero-order valence-electron chi connectivity index (χ0n) is 4.20. The topological polar surface area (TPSA) is 46.5 Å². The molecule has 0 saturated carbocycles. The van der Waals surface area contributed by atoms with Crippen molar-refractivity contribution >= 4 is 13.6 Å². The summed E-state index contributed by atoms with van der Waals surface area (Å²) in [4.78, 5) is 10.4. The van der Waals surface area contributed by atoms with Gasteiger partial charge < -0.3 is 9.84 Å². The van der Waals surface area contributed by atoms with E-state index in [4.69, 9.17) is 13.0 Å². The summed E-state index contributed by atoms with van der Waals surface area (Å²) < 4.78 is 4.56. The lowest BCUT2D eigenvalue weighted by molar-refractivity contribution is -0.124. The maximum atomic E-state index is 10.4. The molecule has 0 amide bonds. The van der Waals surface area contributed by atoms with Gasteiger partial charge in [0.15, 0.2) is 5.78 Å². The van der Waals surface area contributed by atoms with Crippen LogP contribution in [0.25, 0.3) is 0 Å². The molecule has 2 atom stereocenters. The van der Waals surface area contributed by atoms with Crippen LogP contribution in [-0.4, -0.2) is 37.5 Å². The van der Waals surface area contributed by atoms with Crippen molar-refractivity contribution in [1.29, 1.82) is 0 Å². The predicted octanol–water partition coefficient (Wildman–Crippen LogP) is -1.56. The van der Waals surface area contributed by atoms with E-state index >= 15 is 0 Å². The molecule has 0 aromatic rings. The molecule has 1 rings (SSSR count). The molecule has 8 heavy (non-hydrogen) atoms. The summed E-state index contributed by atoms with van der Waals surface area (Å²) >= 11 is 0. The van der Waals surface area contributed by atoms with Crippen molar-refractivity contribution in [2.45, 2.75) is 12.1 Å². The molecule has 1 saturated heterocycles. The van der Waals surface area contributed by atoms with E-state index in [1.807, 2.05) is 0 Å². The Kier molecular flexibility index (Phi) is 1.36. The van der Waals surface area contributed by atoms with E-state index in [0.29, 0.717) is 0 Å². The largest absolute Gasteiger partial charge is 0.383 e. The van der Waals surface area contributed by atoms with Gasteiger partial charge >= 0.3 is 0 Å². The van der Waals surface area contributed by atoms with Gasteiger partial charge in [-0.05, 0) is 0 Å². The first-order valence-electron chi connectivity index (χ1n) is 2.31. The fourth-order valence-electron chi connectivity index (χ4n) is 0.549. The van der Waals surface area contributed by atoms with Crippen LogP contribution in [0, 0.1) is 0 Å². The zero-order valence-corrected chi connectivity index (χ0v) is 4.20. The number of aliphatic hydroxyl groups excluding tert-OH is 1. The van der Waals surface area contributed by atoms with Crippen molar-refractivity contribution in [3.8, 4) is 0 Å². The molecule has 1 heterocycles. The van der Waals surface area contributed by atoms with Crippen LogP contribution >= 0.6 is 0 Å². The first kappa shape index (κ1) is 5.79. The highest BCUT2D eigenvalue weighted by Crippen LogP contribution is 2.04. The summed E-state index contributed by atoms with van der Waals surface area (Å²) in [6, 6.07) is -0.898. The van der Waals surface area contributed by atoms with E-state index in [-0.39, 0.29) is 6.61 Å². The number of ether oxygens (including phenoxy) is 1. The Labute approximate surface area is 48.0 Å². The second kappa shape index (κ2) is 1.87. The molecular formula is C4H5BO3. The number of aliphatic hydroxyl groups is 1. The number of carbonyl (C=O) groups excluding carboxylic acids is 1. The van der Waals surface area contributed by atoms with Gasteiger partial charge in [0.05, 0.1) is 12.6 Å². The first-order chi connectivity index (χ1) is 3.72. The highest BCUT2D eigenvalue weighted by molar-refractivity contribution is 6.24. The minimum absolute atomic E-state index is 0.0417. The third-order valence-electron chi connectivity index (χ3n) is 1.04. The molecule has 42 valence electrons. The monoisotopic (exact) mass is 112 g/mol. The Balaban J connectivity index is 2.57. The van der Waals surface area contributed by atoms with Crippen molar-refractivity contribution in [3.63, 3.8) is 0 Å². The SMILES string of the molecule is [B][C@@H]1OC[C@H](O)C1=O. The van der Waals surface area contributed by atoms with E-state index in [0.717, 1.165) is 0 Å². The van der Waals surface area contributed by atoms with Gasteiger partial charge in [-0.1, -0.05) is 0 Å². The predicted molar refractivity (Wildman–Crippen MR) is 26.5 cm³/mol. The van der Waals surface area contributed by atoms with Crippen molar-refractivity contribution in [3.05, 3.63) is 0 Å². The summed E-state index contributed by atoms with van der Waals surface area (Å²) in [6.45, 7) is 0.0417. The molecule has 0 bridgehead atoms. The molecule has 0 spiro atoms. The molecule has 2 radical (unpaired) electrons. The third-order valence-corrected chi connectivity index (χ3v) is 1.04. The first-order valence-corrected chi connectivity index (χ1v) is 2.31. The minimum atomic E-state index is -0.995. The second-order valence-electron chi connectivity index (χ2n) is 1.67. The molecule has 0 aromatic carbocycles. The lowest BCUT2D eigenvalue weighted by Gasteiger charge is -1.94. The van der Waals surface area contributed by atoms with Crippen LogP contribution in [0.2, 0.25) is 0 Å². The Hall–Kier alpha value is -0.345. The van der Waals surface area contributed by atoms with Crippen molar-refractivity contribution in [1.82, 2.24) is 0 Å². The molecule has 0 aliphatic carbocycles. The maximum Gasteiger partial charge on any atom is 0.182 e. The van der Waals surface area contributed by atoms with Gasteiger partial charge in [0.1, 0.15) is 14.0 Å². The standard InChI is InChI=1S/C4H5BO3/c5-4-3(7)2(6)1-8-4/h2,4,6H,1H2/t2-,4+/m0/s1. The summed E-state index contributed by atoms with van der Waals surface area (Å²) in [6.07, 6.45) is -0.995. The average Bonchev–Trinajstić information content (AvgIpc) is 1.98. The van der Waals surface area contributed by atoms with Crippen LogP contribution in [0.3, 0.4) is 0 Å². The fourth-order valence-corrected chi connectivity index (χ4v) is 0.549. The summed E-state index contributed by atoms with van der Waals surface area (Å²) in [7, 11) is 5.04.